The molecule has 0 saturated heterocycles. The number of ether oxygens (including phenoxy) is 2. The maximum Gasteiger partial charge on any atom is 0.338 e. The maximum atomic E-state index is 12.4. The van der Waals surface area contributed by atoms with Gasteiger partial charge in [-0.3, -0.25) is 4.98 Å². The average molecular weight is 346 g/mol. The molecule has 130 valence electrons. The Morgan fingerprint density at radius 3 is 2.50 bits per heavy atom. The Kier molecular flexibility index (Phi) is 3.92. The minimum atomic E-state index is -0.358. The lowest BCUT2D eigenvalue weighted by molar-refractivity contribution is 0.0599. The largest absolute Gasteiger partial charge is 0.497 e. The van der Waals surface area contributed by atoms with Crippen molar-refractivity contribution in [3.05, 3.63) is 65.0 Å². The third-order valence-electron chi connectivity index (χ3n) is 4.63. The van der Waals surface area contributed by atoms with Gasteiger partial charge in [0.2, 0.25) is 0 Å². The van der Waals surface area contributed by atoms with Gasteiger partial charge in [-0.1, -0.05) is 0 Å². The monoisotopic (exact) mass is 346 g/mol. The molecule has 1 aliphatic carbocycles. The van der Waals surface area contributed by atoms with Crippen molar-refractivity contribution in [3.63, 3.8) is 0 Å². The summed E-state index contributed by atoms with van der Waals surface area (Å²) >= 11 is 0. The SMILES string of the molecule is COC(=O)c1cc(-c2ccc(OC)cc2)nc2c1Cc1nc(C)ccc1-2. The lowest BCUT2D eigenvalue weighted by atomic mass is 10.0. The predicted molar refractivity (Wildman–Crippen MR) is 98.3 cm³/mol. The van der Waals surface area contributed by atoms with Gasteiger partial charge in [-0.05, 0) is 55.0 Å². The zero-order chi connectivity index (χ0) is 18.3. The van der Waals surface area contributed by atoms with Crippen LogP contribution in [0.15, 0.2) is 42.5 Å². The van der Waals surface area contributed by atoms with E-state index in [1.54, 1.807) is 13.2 Å². The molecule has 26 heavy (non-hydrogen) atoms. The average Bonchev–Trinajstić information content (AvgIpc) is 3.04. The molecule has 1 aliphatic rings. The zero-order valence-electron chi connectivity index (χ0n) is 14.9. The first kappa shape index (κ1) is 16.3. The normalized spacial score (nSPS) is 11.7. The lowest BCUT2D eigenvalue weighted by Gasteiger charge is -2.10. The van der Waals surface area contributed by atoms with Crippen molar-refractivity contribution in [3.8, 4) is 28.3 Å². The molecule has 0 aliphatic heterocycles. The van der Waals surface area contributed by atoms with E-state index in [9.17, 15) is 4.79 Å². The second-order valence-electron chi connectivity index (χ2n) is 6.23. The standard InChI is InChI=1S/C21H18N2O3/c1-12-4-9-15-19(22-12)10-16-17(21(24)26-3)11-18(23-20(15)16)13-5-7-14(25-2)8-6-13/h4-9,11H,10H2,1-3H3. The van der Waals surface area contributed by atoms with E-state index in [0.29, 0.717) is 12.0 Å². The molecule has 0 N–H and O–H groups in total. The molecule has 0 unspecified atom stereocenters. The van der Waals surface area contributed by atoms with Gasteiger partial charge in [0.1, 0.15) is 5.75 Å². The van der Waals surface area contributed by atoms with Crippen LogP contribution in [0.2, 0.25) is 0 Å². The van der Waals surface area contributed by atoms with Crippen LogP contribution in [0.25, 0.3) is 22.5 Å². The number of carbonyl (C=O) groups excluding carboxylic acids is 1. The molecule has 0 amide bonds. The molecule has 2 heterocycles. The molecule has 0 saturated carbocycles. The molecular formula is C21H18N2O3. The number of hydrogen-bond donors (Lipinski definition) is 0. The van der Waals surface area contributed by atoms with Gasteiger partial charge in [0.05, 0.1) is 36.9 Å². The van der Waals surface area contributed by atoms with Gasteiger partial charge in [-0.25, -0.2) is 9.78 Å². The third kappa shape index (κ3) is 2.62. The van der Waals surface area contributed by atoms with Crippen LogP contribution in [0.5, 0.6) is 5.75 Å². The predicted octanol–water partition coefficient (Wildman–Crippen LogP) is 3.82. The number of carbonyl (C=O) groups is 1. The highest BCUT2D eigenvalue weighted by molar-refractivity contribution is 5.96. The number of benzene rings is 1. The Morgan fingerprint density at radius 2 is 1.81 bits per heavy atom. The summed E-state index contributed by atoms with van der Waals surface area (Å²) in [6.45, 7) is 1.96. The lowest BCUT2D eigenvalue weighted by Crippen LogP contribution is -2.07. The Morgan fingerprint density at radius 1 is 1.04 bits per heavy atom. The van der Waals surface area contributed by atoms with Gasteiger partial charge in [-0.15, -0.1) is 0 Å². The molecule has 0 radical (unpaired) electrons. The van der Waals surface area contributed by atoms with Crippen LogP contribution >= 0.6 is 0 Å². The molecule has 0 fully saturated rings. The van der Waals surface area contributed by atoms with Crippen molar-refractivity contribution in [1.29, 1.82) is 0 Å². The minimum absolute atomic E-state index is 0.358. The summed E-state index contributed by atoms with van der Waals surface area (Å²) in [4.78, 5) is 21.8. The van der Waals surface area contributed by atoms with E-state index in [-0.39, 0.29) is 5.97 Å². The summed E-state index contributed by atoms with van der Waals surface area (Å²) in [6, 6.07) is 13.4. The quantitative estimate of drug-likeness (QED) is 0.528. The van der Waals surface area contributed by atoms with Gasteiger partial charge in [0.15, 0.2) is 0 Å². The topological polar surface area (TPSA) is 61.3 Å². The Hall–Kier alpha value is -3.21. The van der Waals surface area contributed by atoms with Gasteiger partial charge in [0.25, 0.3) is 0 Å². The first-order valence-electron chi connectivity index (χ1n) is 8.34. The van der Waals surface area contributed by atoms with Crippen molar-refractivity contribution >= 4 is 5.97 Å². The van der Waals surface area contributed by atoms with E-state index in [1.807, 2.05) is 43.3 Å². The fourth-order valence-corrected chi connectivity index (χ4v) is 3.30. The number of esters is 1. The van der Waals surface area contributed by atoms with Crippen LogP contribution in [0.4, 0.5) is 0 Å². The van der Waals surface area contributed by atoms with Crippen LogP contribution in [0.3, 0.4) is 0 Å². The highest BCUT2D eigenvalue weighted by atomic mass is 16.5. The second-order valence-corrected chi connectivity index (χ2v) is 6.23. The Balaban J connectivity index is 1.91. The molecule has 1 aromatic carbocycles. The molecule has 5 heteroatoms. The van der Waals surface area contributed by atoms with Crippen molar-refractivity contribution < 1.29 is 14.3 Å². The van der Waals surface area contributed by atoms with Crippen LogP contribution in [0.1, 0.15) is 27.3 Å². The van der Waals surface area contributed by atoms with Crippen molar-refractivity contribution in [2.24, 2.45) is 0 Å². The van der Waals surface area contributed by atoms with Gasteiger partial charge in [0, 0.05) is 23.2 Å². The number of methoxy groups -OCH3 is 2. The van der Waals surface area contributed by atoms with Crippen LogP contribution in [-0.4, -0.2) is 30.2 Å². The van der Waals surface area contributed by atoms with Crippen LogP contribution < -0.4 is 4.74 Å². The van der Waals surface area contributed by atoms with Crippen LogP contribution in [-0.2, 0) is 11.2 Å². The van der Waals surface area contributed by atoms with E-state index in [0.717, 1.165) is 45.2 Å². The summed E-state index contributed by atoms with van der Waals surface area (Å²) < 4.78 is 10.2. The molecular weight excluding hydrogens is 328 g/mol. The van der Waals surface area contributed by atoms with E-state index in [4.69, 9.17) is 14.5 Å². The first-order chi connectivity index (χ1) is 12.6. The number of fused-ring (bicyclic) bond motifs is 3. The second kappa shape index (κ2) is 6.26. The van der Waals surface area contributed by atoms with Crippen molar-refractivity contribution in [2.75, 3.05) is 14.2 Å². The minimum Gasteiger partial charge on any atom is -0.497 e. The highest BCUT2D eigenvalue weighted by Crippen LogP contribution is 2.38. The number of rotatable bonds is 3. The Bertz CT molecular complexity index is 1010. The van der Waals surface area contributed by atoms with Gasteiger partial charge in [-0.2, -0.15) is 0 Å². The number of hydrogen-bond acceptors (Lipinski definition) is 5. The molecule has 0 atom stereocenters. The number of nitrogens with zero attached hydrogens (tertiary/aromatic N) is 2. The smallest absolute Gasteiger partial charge is 0.338 e. The maximum absolute atomic E-state index is 12.4. The van der Waals surface area contributed by atoms with Crippen molar-refractivity contribution in [2.45, 2.75) is 13.3 Å². The highest BCUT2D eigenvalue weighted by Gasteiger charge is 2.28. The third-order valence-corrected chi connectivity index (χ3v) is 4.63. The van der Waals surface area contributed by atoms with E-state index < -0.39 is 0 Å². The Labute approximate surface area is 151 Å². The molecule has 0 bridgehead atoms. The van der Waals surface area contributed by atoms with Gasteiger partial charge >= 0.3 is 5.97 Å². The summed E-state index contributed by atoms with van der Waals surface area (Å²) in [5, 5.41) is 0. The van der Waals surface area contributed by atoms with Crippen molar-refractivity contribution in [1.82, 2.24) is 9.97 Å². The number of aryl methyl sites for hydroxylation is 1. The molecule has 2 aromatic heterocycles. The molecule has 4 rings (SSSR count). The zero-order valence-corrected chi connectivity index (χ0v) is 14.9. The van der Waals surface area contributed by atoms with E-state index >= 15 is 0 Å². The summed E-state index contributed by atoms with van der Waals surface area (Å²) in [5.74, 6) is 0.413. The molecule has 0 spiro atoms. The van der Waals surface area contributed by atoms with E-state index in [2.05, 4.69) is 4.98 Å². The first-order valence-corrected chi connectivity index (χ1v) is 8.34. The fraction of sp³-hybridized carbons (Fsp3) is 0.190. The molecule has 3 aromatic rings. The van der Waals surface area contributed by atoms with E-state index in [1.165, 1.54) is 7.11 Å². The fourth-order valence-electron chi connectivity index (χ4n) is 3.30. The summed E-state index contributed by atoms with van der Waals surface area (Å²) in [7, 11) is 3.02. The van der Waals surface area contributed by atoms with Gasteiger partial charge < -0.3 is 9.47 Å². The van der Waals surface area contributed by atoms with Crippen LogP contribution in [0, 0.1) is 6.92 Å². The number of aromatic nitrogens is 2. The molecule has 5 nitrogen and oxygen atoms in total. The number of pyridine rings is 2. The summed E-state index contributed by atoms with van der Waals surface area (Å²) in [5.41, 5.74) is 6.73. The summed E-state index contributed by atoms with van der Waals surface area (Å²) in [6.07, 6.45) is 0.590.